The summed E-state index contributed by atoms with van der Waals surface area (Å²) in [5.74, 6) is 0. The summed E-state index contributed by atoms with van der Waals surface area (Å²) in [7, 11) is 0. The van der Waals surface area contributed by atoms with Crippen molar-refractivity contribution in [3.05, 3.63) is 0 Å². The van der Waals surface area contributed by atoms with Crippen LogP contribution in [0.15, 0.2) is 0 Å². The maximum Gasteiger partial charge on any atom is 0.00952 e. The van der Waals surface area contributed by atoms with E-state index in [0.717, 1.165) is 6.04 Å². The van der Waals surface area contributed by atoms with Gasteiger partial charge >= 0.3 is 0 Å². The Bertz CT molecular complexity index is 261. The summed E-state index contributed by atoms with van der Waals surface area (Å²) in [5.41, 5.74) is 0.709. The third-order valence-electron chi connectivity index (χ3n) is 6.07. The van der Waals surface area contributed by atoms with Crippen molar-refractivity contribution in [2.45, 2.75) is 90.5 Å². The van der Waals surface area contributed by atoms with Gasteiger partial charge in [-0.2, -0.15) is 0 Å². The molecule has 2 heteroatoms. The highest BCUT2D eigenvalue weighted by atomic mass is 15.2. The lowest BCUT2D eigenvalue weighted by atomic mass is 9.71. The molecule has 2 rings (SSSR count). The zero-order chi connectivity index (χ0) is 15.0. The fourth-order valence-electron chi connectivity index (χ4n) is 4.40. The maximum atomic E-state index is 3.54. The predicted octanol–water partition coefficient (Wildman–Crippen LogP) is 4.59. The fraction of sp³-hybridized carbons (Fsp3) is 1.00. The van der Waals surface area contributed by atoms with E-state index in [1.54, 1.807) is 0 Å². The normalized spacial score (nSPS) is 24.3. The van der Waals surface area contributed by atoms with Crippen LogP contribution < -0.4 is 5.32 Å². The monoisotopic (exact) mass is 294 g/mol. The van der Waals surface area contributed by atoms with Crippen molar-refractivity contribution in [3.63, 3.8) is 0 Å². The topological polar surface area (TPSA) is 15.3 Å². The molecule has 21 heavy (non-hydrogen) atoms. The summed E-state index contributed by atoms with van der Waals surface area (Å²) in [6, 6.07) is 0.885. The van der Waals surface area contributed by atoms with E-state index in [-0.39, 0.29) is 0 Å². The Morgan fingerprint density at radius 1 is 0.857 bits per heavy atom. The first-order valence-corrected chi connectivity index (χ1v) is 9.74. The van der Waals surface area contributed by atoms with E-state index in [0.29, 0.717) is 5.41 Å². The van der Waals surface area contributed by atoms with Crippen molar-refractivity contribution in [2.24, 2.45) is 5.41 Å². The average molecular weight is 295 g/mol. The summed E-state index contributed by atoms with van der Waals surface area (Å²) < 4.78 is 0. The van der Waals surface area contributed by atoms with Gasteiger partial charge in [0.15, 0.2) is 0 Å². The second-order valence-electron chi connectivity index (χ2n) is 7.58. The van der Waals surface area contributed by atoms with Crippen molar-refractivity contribution in [1.82, 2.24) is 10.2 Å². The first kappa shape index (κ1) is 17.3. The molecule has 1 unspecified atom stereocenters. The smallest absolute Gasteiger partial charge is 0.00952 e. The van der Waals surface area contributed by atoms with Gasteiger partial charge in [-0.05, 0) is 70.1 Å². The van der Waals surface area contributed by atoms with Crippen LogP contribution in [0.2, 0.25) is 0 Å². The Morgan fingerprint density at radius 2 is 1.48 bits per heavy atom. The first-order chi connectivity index (χ1) is 10.3. The molecule has 0 saturated carbocycles. The second-order valence-corrected chi connectivity index (χ2v) is 7.58. The van der Waals surface area contributed by atoms with Gasteiger partial charge in [0.05, 0.1) is 0 Å². The van der Waals surface area contributed by atoms with Crippen LogP contribution in [0.25, 0.3) is 0 Å². The molecule has 2 fully saturated rings. The molecule has 1 N–H and O–H groups in total. The largest absolute Gasteiger partial charge is 0.317 e. The molecule has 0 bridgehead atoms. The quantitative estimate of drug-likeness (QED) is 0.659. The minimum atomic E-state index is 0.709. The van der Waals surface area contributed by atoms with Crippen molar-refractivity contribution in [1.29, 1.82) is 0 Å². The molecular weight excluding hydrogens is 256 g/mol. The third kappa shape index (κ3) is 5.25. The number of nitrogens with one attached hydrogen (secondary N) is 1. The minimum absolute atomic E-state index is 0.709. The lowest BCUT2D eigenvalue weighted by molar-refractivity contribution is 0.0438. The standard InChI is InChI=1S/C19H38N2/c1-3-5-7-9-18(8-6-4-2)21-16-12-19(13-17-21)10-14-20-15-11-19/h18,20H,3-17H2,1-2H3. The Hall–Kier alpha value is -0.0800. The molecule has 2 saturated heterocycles. The van der Waals surface area contributed by atoms with Crippen LogP contribution in [0.4, 0.5) is 0 Å². The molecule has 1 atom stereocenters. The summed E-state index contributed by atoms with van der Waals surface area (Å²) in [4.78, 5) is 2.86. The number of rotatable bonds is 8. The van der Waals surface area contributed by atoms with E-state index in [2.05, 4.69) is 24.1 Å². The van der Waals surface area contributed by atoms with Crippen LogP contribution in [0, 0.1) is 5.41 Å². The zero-order valence-electron chi connectivity index (χ0n) is 14.6. The maximum absolute atomic E-state index is 3.54. The van der Waals surface area contributed by atoms with E-state index in [4.69, 9.17) is 0 Å². The molecule has 2 aliphatic rings. The van der Waals surface area contributed by atoms with Gasteiger partial charge < -0.3 is 10.2 Å². The van der Waals surface area contributed by atoms with Crippen LogP contribution >= 0.6 is 0 Å². The fourth-order valence-corrected chi connectivity index (χ4v) is 4.40. The van der Waals surface area contributed by atoms with E-state index in [1.807, 2.05) is 0 Å². The van der Waals surface area contributed by atoms with Crippen LogP contribution in [-0.4, -0.2) is 37.1 Å². The van der Waals surface area contributed by atoms with E-state index < -0.39 is 0 Å². The van der Waals surface area contributed by atoms with Gasteiger partial charge in [0.2, 0.25) is 0 Å². The Balaban J connectivity index is 1.80. The van der Waals surface area contributed by atoms with Gasteiger partial charge in [0.25, 0.3) is 0 Å². The van der Waals surface area contributed by atoms with Crippen molar-refractivity contribution in [2.75, 3.05) is 26.2 Å². The first-order valence-electron chi connectivity index (χ1n) is 9.74. The second kappa shape index (κ2) is 9.15. The van der Waals surface area contributed by atoms with Crippen molar-refractivity contribution < 1.29 is 0 Å². The molecule has 0 aliphatic carbocycles. The number of piperidine rings is 2. The molecule has 0 aromatic carbocycles. The number of hydrogen-bond donors (Lipinski definition) is 1. The molecule has 0 aromatic heterocycles. The Labute approximate surface area is 133 Å². The molecule has 0 amide bonds. The van der Waals surface area contributed by atoms with Crippen LogP contribution in [0.5, 0.6) is 0 Å². The summed E-state index contributed by atoms with van der Waals surface area (Å²) in [6.07, 6.45) is 15.7. The van der Waals surface area contributed by atoms with Gasteiger partial charge in [0, 0.05) is 6.04 Å². The highest BCUT2D eigenvalue weighted by Crippen LogP contribution is 2.40. The van der Waals surface area contributed by atoms with Crippen LogP contribution in [0.3, 0.4) is 0 Å². The van der Waals surface area contributed by atoms with Gasteiger partial charge in [-0.25, -0.2) is 0 Å². The molecule has 2 aliphatic heterocycles. The van der Waals surface area contributed by atoms with E-state index in [1.165, 1.54) is 96.8 Å². The molecule has 2 nitrogen and oxygen atoms in total. The van der Waals surface area contributed by atoms with Gasteiger partial charge in [-0.3, -0.25) is 0 Å². The highest BCUT2D eigenvalue weighted by molar-refractivity contribution is 4.91. The molecule has 1 spiro atoms. The molecule has 124 valence electrons. The lowest BCUT2D eigenvalue weighted by Gasteiger charge is -2.46. The molecule has 2 heterocycles. The lowest BCUT2D eigenvalue weighted by Crippen LogP contribution is -2.48. The zero-order valence-corrected chi connectivity index (χ0v) is 14.6. The summed E-state index contributed by atoms with van der Waals surface area (Å²) >= 11 is 0. The number of hydrogen-bond acceptors (Lipinski definition) is 2. The predicted molar refractivity (Wildman–Crippen MR) is 92.8 cm³/mol. The number of nitrogens with zero attached hydrogens (tertiary/aromatic N) is 1. The minimum Gasteiger partial charge on any atom is -0.317 e. The van der Waals surface area contributed by atoms with Crippen LogP contribution in [-0.2, 0) is 0 Å². The van der Waals surface area contributed by atoms with Gasteiger partial charge in [0.1, 0.15) is 0 Å². The number of unbranched alkanes of at least 4 members (excludes halogenated alkanes) is 3. The molecule has 0 radical (unpaired) electrons. The Morgan fingerprint density at radius 3 is 2.10 bits per heavy atom. The average Bonchev–Trinajstić information content (AvgIpc) is 2.53. The summed E-state index contributed by atoms with van der Waals surface area (Å²) in [6.45, 7) is 9.93. The van der Waals surface area contributed by atoms with E-state index >= 15 is 0 Å². The SMILES string of the molecule is CCCCCC(CCCC)N1CCC2(CCNCC2)CC1. The van der Waals surface area contributed by atoms with Gasteiger partial charge in [-0.1, -0.05) is 46.0 Å². The Kier molecular flexibility index (Phi) is 7.53. The highest BCUT2D eigenvalue weighted by Gasteiger charge is 2.36. The summed E-state index contributed by atoms with van der Waals surface area (Å²) in [5, 5.41) is 3.54. The van der Waals surface area contributed by atoms with Crippen molar-refractivity contribution in [3.8, 4) is 0 Å². The van der Waals surface area contributed by atoms with E-state index in [9.17, 15) is 0 Å². The number of likely N-dealkylation sites (tertiary alicyclic amines) is 1. The van der Waals surface area contributed by atoms with Crippen LogP contribution in [0.1, 0.15) is 84.5 Å². The van der Waals surface area contributed by atoms with Gasteiger partial charge in [-0.15, -0.1) is 0 Å². The molecular formula is C19H38N2. The third-order valence-corrected chi connectivity index (χ3v) is 6.07. The van der Waals surface area contributed by atoms with Crippen molar-refractivity contribution >= 4 is 0 Å². The molecule has 0 aromatic rings.